The van der Waals surface area contributed by atoms with Crippen LogP contribution in [0.3, 0.4) is 0 Å². The zero-order valence-electron chi connectivity index (χ0n) is 8.15. The quantitative estimate of drug-likeness (QED) is 0.422. The van der Waals surface area contributed by atoms with Crippen LogP contribution < -0.4 is 0 Å². The molecule has 0 aliphatic rings. The monoisotopic (exact) mass is 151 g/mol. The molecule has 0 aromatic heterocycles. The van der Waals surface area contributed by atoms with Gasteiger partial charge in [0.05, 0.1) is 0 Å². The molecular weight excluding hydrogens is 132 g/mol. The van der Waals surface area contributed by atoms with Crippen molar-refractivity contribution in [2.45, 2.75) is 40.5 Å². The fourth-order valence-electron chi connectivity index (χ4n) is 0.736. The highest BCUT2D eigenvalue weighted by Crippen LogP contribution is 2.10. The summed E-state index contributed by atoms with van der Waals surface area (Å²) in [6.07, 6.45) is 8.81. The van der Waals surface area contributed by atoms with Gasteiger partial charge in [0.15, 0.2) is 0 Å². The van der Waals surface area contributed by atoms with Gasteiger partial charge >= 0.3 is 0 Å². The lowest BCUT2D eigenvalue weighted by Crippen LogP contribution is -1.81. The van der Waals surface area contributed by atoms with Gasteiger partial charge in [0.25, 0.3) is 0 Å². The van der Waals surface area contributed by atoms with Crippen LogP contribution >= 0.6 is 0 Å². The summed E-state index contributed by atoms with van der Waals surface area (Å²) >= 11 is 0. The van der Waals surface area contributed by atoms with Crippen molar-refractivity contribution in [2.24, 2.45) is 0 Å². The Bertz CT molecular complexity index is 145. The fraction of sp³-hybridized carbons (Fsp3) is 0.545. The molecule has 63 valence electrons. The van der Waals surface area contributed by atoms with Crippen LogP contribution in [-0.2, 0) is 0 Å². The second-order valence-electron chi connectivity index (χ2n) is 3.08. The van der Waals surface area contributed by atoms with E-state index >= 15 is 0 Å². The van der Waals surface area contributed by atoms with Gasteiger partial charge in [-0.05, 0) is 47.0 Å². The van der Waals surface area contributed by atoms with E-state index in [2.05, 4.69) is 46.3 Å². The van der Waals surface area contributed by atoms with Gasteiger partial charge in [0, 0.05) is 0 Å². The molecule has 0 atom stereocenters. The van der Waals surface area contributed by atoms with E-state index in [1.165, 1.54) is 11.1 Å². The van der Waals surface area contributed by atoms with Crippen molar-refractivity contribution in [3.63, 3.8) is 0 Å². The summed E-state index contributed by atoms with van der Waals surface area (Å²) in [5.41, 5.74) is 2.94. The van der Waals surface area contributed by atoms with Crippen molar-refractivity contribution in [1.82, 2.24) is 0 Å². The van der Waals surface area contributed by atoms with Crippen molar-refractivity contribution in [3.05, 3.63) is 29.7 Å². The van der Waals surface area contributed by atoms with Crippen molar-refractivity contribution >= 4 is 0 Å². The molecule has 0 nitrogen and oxygen atoms in total. The molecule has 0 fully saturated rings. The summed E-state index contributed by atoms with van der Waals surface area (Å²) in [5.74, 6) is 0. The third-order valence-electron chi connectivity index (χ3n) is 1.84. The Balaban J connectivity index is 3.47. The third kappa shape index (κ3) is 5.90. The van der Waals surface area contributed by atoms with E-state index < -0.39 is 0 Å². The molecule has 0 saturated heterocycles. The van der Waals surface area contributed by atoms with Gasteiger partial charge in [0.2, 0.25) is 0 Å². The molecule has 0 aromatic carbocycles. The molecule has 0 amide bonds. The Morgan fingerprint density at radius 3 is 2.27 bits per heavy atom. The molecule has 0 spiro atoms. The molecule has 11 heavy (non-hydrogen) atoms. The highest BCUT2D eigenvalue weighted by Gasteiger charge is 1.90. The van der Waals surface area contributed by atoms with Crippen LogP contribution in [0.15, 0.2) is 23.3 Å². The Hall–Kier alpha value is -0.520. The predicted octanol–water partition coefficient (Wildman–Crippen LogP) is 3.90. The highest BCUT2D eigenvalue weighted by atomic mass is 14.0. The summed E-state index contributed by atoms with van der Waals surface area (Å²) in [6, 6.07) is 0. The van der Waals surface area contributed by atoms with E-state index in [-0.39, 0.29) is 0 Å². The van der Waals surface area contributed by atoms with Gasteiger partial charge in [-0.3, -0.25) is 0 Å². The van der Waals surface area contributed by atoms with Crippen LogP contribution in [0.1, 0.15) is 40.5 Å². The number of unbranched alkanes of at least 4 members (excludes halogenated alkanes) is 1. The second-order valence-corrected chi connectivity index (χ2v) is 3.08. The Labute approximate surface area is 71.0 Å². The van der Waals surface area contributed by atoms with Crippen LogP contribution in [0.4, 0.5) is 0 Å². The molecule has 1 radical (unpaired) electrons. The maximum absolute atomic E-state index is 2.31. The minimum atomic E-state index is 1.10. The maximum Gasteiger partial charge on any atom is -0.0286 e. The van der Waals surface area contributed by atoms with Crippen LogP contribution in [0.25, 0.3) is 0 Å². The number of hydrogen-bond donors (Lipinski definition) is 0. The van der Waals surface area contributed by atoms with Gasteiger partial charge in [0.1, 0.15) is 0 Å². The van der Waals surface area contributed by atoms with Gasteiger partial charge in [-0.15, -0.1) is 0 Å². The third-order valence-corrected chi connectivity index (χ3v) is 1.84. The standard InChI is InChI=1S/C11H19/c1-5-6-7-8-9-11(4)10(2)3/h5-6,8H,7,9H2,1-4H3. The zero-order valence-corrected chi connectivity index (χ0v) is 8.15. The van der Waals surface area contributed by atoms with Crippen LogP contribution in [-0.4, -0.2) is 0 Å². The maximum atomic E-state index is 2.31. The highest BCUT2D eigenvalue weighted by molar-refractivity contribution is 5.09. The average molecular weight is 151 g/mol. The van der Waals surface area contributed by atoms with E-state index in [0.29, 0.717) is 0 Å². The molecule has 0 aliphatic heterocycles. The van der Waals surface area contributed by atoms with Crippen molar-refractivity contribution in [1.29, 1.82) is 0 Å². The average Bonchev–Trinajstić information content (AvgIpc) is 1.97. The SMILES string of the molecule is CC=CC[CH]CC(C)=C(C)C. The zero-order chi connectivity index (χ0) is 8.69. The first kappa shape index (κ1) is 10.5. The van der Waals surface area contributed by atoms with Gasteiger partial charge in [-0.2, -0.15) is 0 Å². The lowest BCUT2D eigenvalue weighted by atomic mass is 10.1. The molecule has 0 rings (SSSR count). The van der Waals surface area contributed by atoms with Crippen molar-refractivity contribution < 1.29 is 0 Å². The number of hydrogen-bond acceptors (Lipinski definition) is 0. The second kappa shape index (κ2) is 6.21. The van der Waals surface area contributed by atoms with E-state index in [1.807, 2.05) is 0 Å². The van der Waals surface area contributed by atoms with E-state index in [4.69, 9.17) is 0 Å². The van der Waals surface area contributed by atoms with E-state index in [9.17, 15) is 0 Å². The Morgan fingerprint density at radius 1 is 1.18 bits per heavy atom. The van der Waals surface area contributed by atoms with E-state index in [0.717, 1.165) is 12.8 Å². The first-order chi connectivity index (χ1) is 5.18. The number of allylic oxidation sites excluding steroid dienone is 4. The van der Waals surface area contributed by atoms with Gasteiger partial charge in [-0.1, -0.05) is 23.3 Å². The largest absolute Gasteiger partial charge is 0.0917 e. The smallest absolute Gasteiger partial charge is 0.0286 e. The van der Waals surface area contributed by atoms with Crippen LogP contribution in [0.5, 0.6) is 0 Å². The molecule has 0 heterocycles. The molecule has 0 aliphatic carbocycles. The first-order valence-electron chi connectivity index (χ1n) is 4.24. The number of rotatable bonds is 4. The molecule has 0 bridgehead atoms. The molecule has 0 unspecified atom stereocenters. The predicted molar refractivity (Wildman–Crippen MR) is 52.4 cm³/mol. The molecule has 0 N–H and O–H groups in total. The van der Waals surface area contributed by atoms with Gasteiger partial charge in [-0.25, -0.2) is 0 Å². The summed E-state index contributed by atoms with van der Waals surface area (Å²) in [6.45, 7) is 8.58. The van der Waals surface area contributed by atoms with Crippen LogP contribution in [0, 0.1) is 6.42 Å². The minimum Gasteiger partial charge on any atom is -0.0917 e. The fourth-order valence-corrected chi connectivity index (χ4v) is 0.736. The Morgan fingerprint density at radius 2 is 1.82 bits per heavy atom. The lowest BCUT2D eigenvalue weighted by Gasteiger charge is -2.00. The topological polar surface area (TPSA) is 0 Å². The molecule has 0 heteroatoms. The van der Waals surface area contributed by atoms with Gasteiger partial charge < -0.3 is 0 Å². The Kier molecular flexibility index (Phi) is 5.91. The van der Waals surface area contributed by atoms with Crippen molar-refractivity contribution in [3.8, 4) is 0 Å². The first-order valence-corrected chi connectivity index (χ1v) is 4.24. The van der Waals surface area contributed by atoms with Crippen LogP contribution in [0.2, 0.25) is 0 Å². The minimum absolute atomic E-state index is 1.10. The summed E-state index contributed by atoms with van der Waals surface area (Å²) in [7, 11) is 0. The molecule has 0 aromatic rings. The molecular formula is C11H19. The summed E-state index contributed by atoms with van der Waals surface area (Å²) < 4.78 is 0. The summed E-state index contributed by atoms with van der Waals surface area (Å²) in [5, 5.41) is 0. The normalized spacial score (nSPS) is 10.5. The van der Waals surface area contributed by atoms with Crippen molar-refractivity contribution in [2.75, 3.05) is 0 Å². The molecule has 0 saturated carbocycles. The van der Waals surface area contributed by atoms with E-state index in [1.54, 1.807) is 0 Å². The lowest BCUT2D eigenvalue weighted by molar-refractivity contribution is 1.01. The summed E-state index contributed by atoms with van der Waals surface area (Å²) in [4.78, 5) is 0.